The first-order valence-electron chi connectivity index (χ1n) is 5.90. The summed E-state index contributed by atoms with van der Waals surface area (Å²) in [7, 11) is 0. The molecule has 2 aromatic rings. The molecule has 0 unspecified atom stereocenters. The monoisotopic (exact) mass is 290 g/mol. The van der Waals surface area contributed by atoms with Crippen molar-refractivity contribution in [1.82, 2.24) is 0 Å². The van der Waals surface area contributed by atoms with Crippen LogP contribution < -0.4 is 8.92 Å². The van der Waals surface area contributed by atoms with Gasteiger partial charge in [0.15, 0.2) is 0 Å². The van der Waals surface area contributed by atoms with Crippen molar-refractivity contribution in [3.63, 3.8) is 0 Å². The normalized spacial score (nSPS) is 10.6. The van der Waals surface area contributed by atoms with Gasteiger partial charge in [-0.2, -0.15) is 0 Å². The molecule has 2 aromatic carbocycles. The minimum atomic E-state index is 0.421. The van der Waals surface area contributed by atoms with Crippen molar-refractivity contribution >= 4 is 23.9 Å². The van der Waals surface area contributed by atoms with Crippen LogP contribution in [-0.4, -0.2) is 15.0 Å². The summed E-state index contributed by atoms with van der Waals surface area (Å²) < 4.78 is 3.08. The van der Waals surface area contributed by atoms with Crippen LogP contribution in [0, 0.1) is 27.7 Å². The minimum absolute atomic E-state index is 0.421. The molecule has 88 valence electrons. The summed E-state index contributed by atoms with van der Waals surface area (Å²) in [5, 5.41) is 0. The molecule has 0 fully saturated rings. The number of aryl methyl sites for hydroxylation is 4. The van der Waals surface area contributed by atoms with Crippen LogP contribution in [0.5, 0.6) is 0 Å². The van der Waals surface area contributed by atoms with Crippen molar-refractivity contribution in [3.05, 3.63) is 58.7 Å². The van der Waals surface area contributed by atoms with E-state index in [4.69, 9.17) is 0 Å². The zero-order chi connectivity index (χ0) is 12.4. The van der Waals surface area contributed by atoms with Crippen molar-refractivity contribution in [1.29, 1.82) is 0 Å². The molecular weight excluding hydrogens is 271 g/mol. The molecule has 0 aromatic heterocycles. The average Bonchev–Trinajstić information content (AvgIpc) is 2.27. The summed E-state index contributed by atoms with van der Waals surface area (Å²) in [6.07, 6.45) is 0. The first-order valence-corrected chi connectivity index (χ1v) is 7.61. The first kappa shape index (κ1) is 12.4. The predicted octanol–water partition coefficient (Wildman–Crippen LogP) is 2.58. The van der Waals surface area contributed by atoms with Gasteiger partial charge in [0.2, 0.25) is 0 Å². The molecule has 0 aliphatic rings. The van der Waals surface area contributed by atoms with Crippen LogP contribution in [0.4, 0.5) is 0 Å². The second-order valence-corrected chi connectivity index (χ2v) is 6.69. The maximum absolute atomic E-state index is 2.22. The molecule has 0 saturated heterocycles. The van der Waals surface area contributed by atoms with Crippen LogP contribution in [0.3, 0.4) is 0 Å². The van der Waals surface area contributed by atoms with Crippen LogP contribution in [0.1, 0.15) is 22.3 Å². The van der Waals surface area contributed by atoms with Crippen molar-refractivity contribution in [3.8, 4) is 0 Å². The van der Waals surface area contributed by atoms with Crippen LogP contribution in [0.2, 0.25) is 0 Å². The molecule has 0 aliphatic heterocycles. The Hall–Kier alpha value is -1.04. The van der Waals surface area contributed by atoms with Gasteiger partial charge in [0.05, 0.1) is 0 Å². The summed E-state index contributed by atoms with van der Waals surface area (Å²) in [4.78, 5) is 0. The third-order valence-corrected chi connectivity index (χ3v) is 6.58. The molecule has 0 heterocycles. The van der Waals surface area contributed by atoms with Gasteiger partial charge in [-0.25, -0.2) is 0 Å². The van der Waals surface area contributed by atoms with Gasteiger partial charge in [-0.15, -0.1) is 0 Å². The second-order valence-electron chi connectivity index (χ2n) is 4.54. The Labute approximate surface area is 110 Å². The van der Waals surface area contributed by atoms with Crippen molar-refractivity contribution < 1.29 is 0 Å². The van der Waals surface area contributed by atoms with E-state index in [-0.39, 0.29) is 0 Å². The van der Waals surface area contributed by atoms with Gasteiger partial charge in [-0.05, 0) is 0 Å². The van der Waals surface area contributed by atoms with E-state index in [9.17, 15) is 0 Å². The fraction of sp³-hybridized carbons (Fsp3) is 0.250. The van der Waals surface area contributed by atoms with Gasteiger partial charge in [0.1, 0.15) is 0 Å². The number of hydrogen-bond donors (Lipinski definition) is 0. The van der Waals surface area contributed by atoms with Gasteiger partial charge in [-0.1, -0.05) is 0 Å². The first-order chi connectivity index (χ1) is 8.09. The molecular formula is C16H18Se. The van der Waals surface area contributed by atoms with Gasteiger partial charge in [0, 0.05) is 0 Å². The van der Waals surface area contributed by atoms with Crippen LogP contribution >= 0.6 is 0 Å². The molecule has 0 aliphatic carbocycles. The van der Waals surface area contributed by atoms with Gasteiger partial charge in [0.25, 0.3) is 0 Å². The third kappa shape index (κ3) is 2.62. The summed E-state index contributed by atoms with van der Waals surface area (Å²) >= 11 is 0.421. The Morgan fingerprint density at radius 2 is 0.882 bits per heavy atom. The van der Waals surface area contributed by atoms with E-state index in [1.165, 1.54) is 31.2 Å². The molecule has 1 heteroatoms. The summed E-state index contributed by atoms with van der Waals surface area (Å²) in [6.45, 7) is 8.88. The van der Waals surface area contributed by atoms with E-state index >= 15 is 0 Å². The molecule has 0 nitrogen and oxygen atoms in total. The van der Waals surface area contributed by atoms with E-state index in [1.807, 2.05) is 0 Å². The Morgan fingerprint density at radius 3 is 1.18 bits per heavy atom. The van der Waals surface area contributed by atoms with E-state index in [0.29, 0.717) is 15.0 Å². The van der Waals surface area contributed by atoms with Gasteiger partial charge < -0.3 is 0 Å². The number of hydrogen-bond acceptors (Lipinski definition) is 0. The van der Waals surface area contributed by atoms with Crippen molar-refractivity contribution in [2.45, 2.75) is 27.7 Å². The van der Waals surface area contributed by atoms with E-state index in [0.717, 1.165) is 0 Å². The Kier molecular flexibility index (Phi) is 3.71. The SMILES string of the molecule is Cc1cccc(C)c1[Se]c1c(C)cccc1C. The third-order valence-electron chi connectivity index (χ3n) is 3.02. The molecule has 0 radical (unpaired) electrons. The Bertz CT molecular complexity index is 451. The van der Waals surface area contributed by atoms with Gasteiger partial charge in [-0.3, -0.25) is 0 Å². The molecule has 0 N–H and O–H groups in total. The van der Waals surface area contributed by atoms with Gasteiger partial charge >= 0.3 is 110 Å². The van der Waals surface area contributed by atoms with Crippen molar-refractivity contribution in [2.24, 2.45) is 0 Å². The standard InChI is InChI=1S/C16H18Se/c1-11-7-5-8-12(2)15(11)17-16-13(3)9-6-10-14(16)4/h5-10H,1-4H3. The van der Waals surface area contributed by atoms with Crippen LogP contribution in [-0.2, 0) is 0 Å². The summed E-state index contributed by atoms with van der Waals surface area (Å²) in [6, 6.07) is 13.2. The summed E-state index contributed by atoms with van der Waals surface area (Å²) in [5.41, 5.74) is 5.70. The van der Waals surface area contributed by atoms with E-state index in [2.05, 4.69) is 64.1 Å². The molecule has 2 rings (SSSR count). The molecule has 0 amide bonds. The molecule has 17 heavy (non-hydrogen) atoms. The molecule has 0 spiro atoms. The molecule has 0 atom stereocenters. The topological polar surface area (TPSA) is 0 Å². The Balaban J connectivity index is 2.45. The predicted molar refractivity (Wildman–Crippen MR) is 76.9 cm³/mol. The van der Waals surface area contributed by atoms with Crippen LogP contribution in [0.15, 0.2) is 36.4 Å². The van der Waals surface area contributed by atoms with E-state index in [1.54, 1.807) is 0 Å². The zero-order valence-corrected chi connectivity index (χ0v) is 12.6. The second kappa shape index (κ2) is 5.08. The molecule has 0 bridgehead atoms. The van der Waals surface area contributed by atoms with Crippen molar-refractivity contribution in [2.75, 3.05) is 0 Å². The molecule has 0 saturated carbocycles. The maximum atomic E-state index is 2.22. The Morgan fingerprint density at radius 1 is 0.588 bits per heavy atom. The average molecular weight is 289 g/mol. The fourth-order valence-corrected chi connectivity index (χ4v) is 4.37. The number of rotatable bonds is 2. The zero-order valence-electron chi connectivity index (χ0n) is 10.9. The summed E-state index contributed by atoms with van der Waals surface area (Å²) in [5.74, 6) is 0. The fourth-order valence-electron chi connectivity index (χ4n) is 2.02. The van der Waals surface area contributed by atoms with E-state index < -0.39 is 0 Å². The quantitative estimate of drug-likeness (QED) is 0.746. The van der Waals surface area contributed by atoms with Crippen LogP contribution in [0.25, 0.3) is 0 Å². The number of benzene rings is 2.